The monoisotopic (exact) mass is 654 g/mol. The third-order valence-corrected chi connectivity index (χ3v) is 11.4. The van der Waals surface area contributed by atoms with Crippen LogP contribution in [0.4, 0.5) is 34.1 Å². The zero-order valence-corrected chi connectivity index (χ0v) is 28.8. The fourth-order valence-corrected chi connectivity index (χ4v) is 9.03. The summed E-state index contributed by atoms with van der Waals surface area (Å²) in [5.41, 5.74) is 18.0. The first-order valence-corrected chi connectivity index (χ1v) is 18.6. The fraction of sp³-hybridized carbons (Fsp3) is 0.125. The highest BCUT2D eigenvalue weighted by molar-refractivity contribution is 7.00. The molecule has 1 aliphatic carbocycles. The Hall–Kier alpha value is -5.80. The van der Waals surface area contributed by atoms with Gasteiger partial charge in [-0.15, -0.1) is 0 Å². The van der Waals surface area contributed by atoms with Crippen molar-refractivity contribution in [2.24, 2.45) is 0 Å². The van der Waals surface area contributed by atoms with Crippen molar-refractivity contribution in [1.29, 1.82) is 0 Å². The van der Waals surface area contributed by atoms with Gasteiger partial charge in [0.1, 0.15) is 0 Å². The topological polar surface area (TPSA) is 6.48 Å². The van der Waals surface area contributed by atoms with Crippen molar-refractivity contribution in [2.45, 2.75) is 38.0 Å². The molecule has 0 amide bonds. The van der Waals surface area contributed by atoms with E-state index in [1.807, 2.05) is 0 Å². The van der Waals surface area contributed by atoms with E-state index in [0.717, 1.165) is 0 Å². The molecule has 0 N–H and O–H groups in total. The Labute approximate surface area is 301 Å². The summed E-state index contributed by atoms with van der Waals surface area (Å²) >= 11 is 0. The molecule has 7 aromatic carbocycles. The van der Waals surface area contributed by atoms with Crippen LogP contribution in [0.1, 0.15) is 43.6 Å². The van der Waals surface area contributed by atoms with E-state index in [2.05, 4.69) is 180 Å². The average molecular weight is 655 g/mol. The second-order valence-electron chi connectivity index (χ2n) is 14.4. The first-order chi connectivity index (χ1) is 25.3. The molecule has 244 valence electrons. The Bertz CT molecular complexity index is 2190. The third-order valence-electron chi connectivity index (χ3n) is 11.4. The standard InChI is InChI=1S/C48H39BN2/c1-6-16-34(17-7-1)37-26-28-44-42(30-37)49-43-31-38(35-18-8-2-9-19-35)27-29-45(43)51(41-24-14-5-15-25-41)47-33-39(36-20-10-3-11-21-36)32-46(48(47)49)50(44)40-22-12-4-13-23-40/h1-2,4-9,12-19,22-33,36H,3,10-11,20-21H2. The predicted molar refractivity (Wildman–Crippen MR) is 217 cm³/mol. The van der Waals surface area contributed by atoms with E-state index in [1.54, 1.807) is 0 Å². The van der Waals surface area contributed by atoms with Crippen molar-refractivity contribution < 1.29 is 0 Å². The van der Waals surface area contributed by atoms with Crippen LogP contribution in [0.2, 0.25) is 0 Å². The molecule has 0 radical (unpaired) electrons. The number of rotatable bonds is 5. The van der Waals surface area contributed by atoms with Gasteiger partial charge in [0.15, 0.2) is 0 Å². The Morgan fingerprint density at radius 3 is 1.27 bits per heavy atom. The van der Waals surface area contributed by atoms with Crippen LogP contribution in [-0.4, -0.2) is 6.71 Å². The number of nitrogens with zero attached hydrogens (tertiary/aromatic N) is 2. The lowest BCUT2D eigenvalue weighted by molar-refractivity contribution is 0.444. The van der Waals surface area contributed by atoms with Crippen molar-refractivity contribution in [3.63, 3.8) is 0 Å². The molecule has 1 saturated carbocycles. The quantitative estimate of drug-likeness (QED) is 0.170. The van der Waals surface area contributed by atoms with Gasteiger partial charge in [-0.2, -0.15) is 0 Å². The maximum absolute atomic E-state index is 2.57. The Balaban J connectivity index is 1.31. The van der Waals surface area contributed by atoms with Crippen molar-refractivity contribution in [3.05, 3.63) is 175 Å². The molecule has 0 aromatic heterocycles. The van der Waals surface area contributed by atoms with Gasteiger partial charge in [0.25, 0.3) is 6.71 Å². The van der Waals surface area contributed by atoms with Gasteiger partial charge in [0.05, 0.1) is 0 Å². The first kappa shape index (κ1) is 30.1. The number of benzene rings is 7. The minimum Gasteiger partial charge on any atom is -0.311 e. The van der Waals surface area contributed by atoms with Crippen LogP contribution >= 0.6 is 0 Å². The number of anilines is 6. The normalized spacial score (nSPS) is 14.9. The number of hydrogen-bond donors (Lipinski definition) is 0. The van der Waals surface area contributed by atoms with E-state index in [4.69, 9.17) is 0 Å². The fourth-order valence-electron chi connectivity index (χ4n) is 9.03. The highest BCUT2D eigenvalue weighted by Crippen LogP contribution is 2.47. The van der Waals surface area contributed by atoms with Crippen molar-refractivity contribution in [1.82, 2.24) is 0 Å². The molecule has 1 fully saturated rings. The zero-order chi connectivity index (χ0) is 33.7. The molecule has 10 rings (SSSR count). The molecule has 0 bridgehead atoms. The maximum atomic E-state index is 2.57. The van der Waals surface area contributed by atoms with Crippen LogP contribution < -0.4 is 26.2 Å². The van der Waals surface area contributed by atoms with Crippen LogP contribution in [0.5, 0.6) is 0 Å². The summed E-state index contributed by atoms with van der Waals surface area (Å²) in [4.78, 5) is 5.11. The van der Waals surface area contributed by atoms with E-state index in [0.29, 0.717) is 5.92 Å². The lowest BCUT2D eigenvalue weighted by Crippen LogP contribution is -2.61. The Morgan fingerprint density at radius 2 is 0.824 bits per heavy atom. The SMILES string of the molecule is c1ccc(-c2ccc3c(c2)B2c4cc(-c5ccccc5)ccc4N(c4ccccc4)c4cc(C5CCCCC5)cc(c42)N3c2ccccc2)cc1. The van der Waals surface area contributed by atoms with Gasteiger partial charge in [0.2, 0.25) is 0 Å². The minimum absolute atomic E-state index is 0.0626. The summed E-state index contributed by atoms with van der Waals surface area (Å²) in [6.45, 7) is 0.0626. The highest BCUT2D eigenvalue weighted by Gasteiger charge is 2.44. The summed E-state index contributed by atoms with van der Waals surface area (Å²) < 4.78 is 0. The van der Waals surface area contributed by atoms with Crippen molar-refractivity contribution in [2.75, 3.05) is 9.80 Å². The van der Waals surface area contributed by atoms with Crippen LogP contribution in [0.3, 0.4) is 0 Å². The molecular formula is C48H39BN2. The Kier molecular flexibility index (Phi) is 7.38. The zero-order valence-electron chi connectivity index (χ0n) is 28.8. The van der Waals surface area contributed by atoms with Gasteiger partial charge in [0, 0.05) is 34.1 Å². The van der Waals surface area contributed by atoms with E-state index in [9.17, 15) is 0 Å². The number of para-hydroxylation sites is 2. The van der Waals surface area contributed by atoms with Crippen LogP contribution in [0, 0.1) is 0 Å². The van der Waals surface area contributed by atoms with Crippen LogP contribution in [-0.2, 0) is 0 Å². The average Bonchev–Trinajstić information content (AvgIpc) is 3.22. The van der Waals surface area contributed by atoms with E-state index in [1.165, 1.54) is 110 Å². The summed E-state index contributed by atoms with van der Waals surface area (Å²) in [6, 6.07) is 63.2. The molecule has 51 heavy (non-hydrogen) atoms. The van der Waals surface area contributed by atoms with E-state index >= 15 is 0 Å². The molecular weight excluding hydrogens is 615 g/mol. The van der Waals surface area contributed by atoms with E-state index < -0.39 is 0 Å². The van der Waals surface area contributed by atoms with Gasteiger partial charge in [-0.3, -0.25) is 0 Å². The molecule has 7 aromatic rings. The van der Waals surface area contributed by atoms with Crippen LogP contribution in [0.15, 0.2) is 170 Å². The second kappa shape index (κ2) is 12.5. The summed E-state index contributed by atoms with van der Waals surface area (Å²) in [5, 5.41) is 0. The molecule has 0 spiro atoms. The summed E-state index contributed by atoms with van der Waals surface area (Å²) in [7, 11) is 0. The Morgan fingerprint density at radius 1 is 0.392 bits per heavy atom. The molecule has 0 saturated heterocycles. The lowest BCUT2D eigenvalue weighted by atomic mass is 9.33. The molecule has 0 atom stereocenters. The van der Waals surface area contributed by atoms with E-state index in [-0.39, 0.29) is 6.71 Å². The molecule has 2 heterocycles. The van der Waals surface area contributed by atoms with Gasteiger partial charge in [-0.1, -0.05) is 141 Å². The second-order valence-corrected chi connectivity index (χ2v) is 14.4. The summed E-state index contributed by atoms with van der Waals surface area (Å²) in [5.74, 6) is 0.567. The van der Waals surface area contributed by atoms with Gasteiger partial charge >= 0.3 is 0 Å². The largest absolute Gasteiger partial charge is 0.311 e. The smallest absolute Gasteiger partial charge is 0.252 e. The number of fused-ring (bicyclic) bond motifs is 4. The minimum atomic E-state index is 0.0626. The maximum Gasteiger partial charge on any atom is 0.252 e. The first-order valence-electron chi connectivity index (χ1n) is 18.6. The molecule has 3 heteroatoms. The third kappa shape index (κ3) is 5.10. The molecule has 2 aliphatic heterocycles. The van der Waals surface area contributed by atoms with Gasteiger partial charge in [-0.05, 0) is 111 Å². The van der Waals surface area contributed by atoms with Crippen molar-refractivity contribution in [3.8, 4) is 22.3 Å². The molecule has 0 unspecified atom stereocenters. The molecule has 2 nitrogen and oxygen atoms in total. The lowest BCUT2D eigenvalue weighted by Gasteiger charge is -2.45. The van der Waals surface area contributed by atoms with Crippen LogP contribution in [0.25, 0.3) is 22.3 Å². The van der Waals surface area contributed by atoms with Gasteiger partial charge in [-0.25, -0.2) is 0 Å². The van der Waals surface area contributed by atoms with Gasteiger partial charge < -0.3 is 9.80 Å². The molecule has 3 aliphatic rings. The predicted octanol–water partition coefficient (Wildman–Crippen LogP) is 11.2. The van der Waals surface area contributed by atoms with Crippen molar-refractivity contribution >= 4 is 57.2 Å². The number of hydrogen-bond acceptors (Lipinski definition) is 2. The highest BCUT2D eigenvalue weighted by atomic mass is 15.2. The summed E-state index contributed by atoms with van der Waals surface area (Å²) in [6.07, 6.45) is 6.47.